The van der Waals surface area contributed by atoms with E-state index in [1.807, 2.05) is 0 Å². The Morgan fingerprint density at radius 1 is 0.283 bits per heavy atom. The van der Waals surface area contributed by atoms with Crippen LogP contribution in [0.1, 0.15) is 52.7 Å². The minimum Gasteiger partial charge on any atom is -0.0622 e. The summed E-state index contributed by atoms with van der Waals surface area (Å²) in [6.45, 7) is 13.8. The van der Waals surface area contributed by atoms with Crippen molar-refractivity contribution >= 4 is 21.5 Å². The summed E-state index contributed by atoms with van der Waals surface area (Å²) in [4.78, 5) is 0. The molecule has 0 N–H and O–H groups in total. The van der Waals surface area contributed by atoms with E-state index in [1.54, 1.807) is 0 Å². The van der Waals surface area contributed by atoms with Crippen molar-refractivity contribution in [3.05, 3.63) is 157 Å². The Hall–Kier alpha value is -4.94. The van der Waals surface area contributed by atoms with E-state index in [9.17, 15) is 0 Å². The zero-order valence-corrected chi connectivity index (χ0v) is 27.9. The molecule has 0 fully saturated rings. The van der Waals surface area contributed by atoms with Crippen molar-refractivity contribution in [1.82, 2.24) is 0 Å². The molecule has 0 bridgehead atoms. The van der Waals surface area contributed by atoms with E-state index in [-0.39, 0.29) is 10.8 Å². The van der Waals surface area contributed by atoms with Gasteiger partial charge in [0.05, 0.1) is 0 Å². The van der Waals surface area contributed by atoms with Crippen LogP contribution in [0.25, 0.3) is 66.1 Å². The van der Waals surface area contributed by atoms with Gasteiger partial charge < -0.3 is 0 Å². The Morgan fingerprint density at radius 2 is 0.587 bits per heavy atom. The highest BCUT2D eigenvalue weighted by molar-refractivity contribution is 6.21. The molecule has 0 heteroatoms. The highest BCUT2D eigenvalue weighted by Crippen LogP contribution is 2.46. The Kier molecular flexibility index (Phi) is 7.41. The number of hydrogen-bond acceptors (Lipinski definition) is 0. The topological polar surface area (TPSA) is 0 Å². The minimum atomic E-state index is 0.0329. The zero-order chi connectivity index (χ0) is 32.1. The van der Waals surface area contributed by atoms with E-state index in [1.165, 1.54) is 77.2 Å². The summed E-state index contributed by atoms with van der Waals surface area (Å²) in [5.74, 6) is 0. The normalized spacial score (nSPS) is 12.1. The molecule has 7 aromatic carbocycles. The van der Waals surface area contributed by atoms with Crippen molar-refractivity contribution in [3.63, 3.8) is 0 Å². The lowest BCUT2D eigenvalue weighted by atomic mass is 9.79. The fraction of sp³-hybridized carbons (Fsp3) is 0.174. The molecule has 226 valence electrons. The fourth-order valence-electron chi connectivity index (χ4n) is 6.70. The number of benzene rings is 7. The molecule has 0 amide bonds. The zero-order valence-electron chi connectivity index (χ0n) is 27.9. The molecule has 0 radical (unpaired) electrons. The van der Waals surface area contributed by atoms with Gasteiger partial charge in [0.1, 0.15) is 0 Å². The standard InChI is InChI=1S/C46H42/c1-45(2,3)37-25-27-39-41(29-37)43(35-21-17-33(18-22-35)31-13-9-7-10-14-31)40-28-26-38(46(4,5)6)30-42(40)44(39)36-23-19-34(20-24-36)32-15-11-8-12-16-32/h7-30H,1-6H3. The molecule has 7 aromatic rings. The van der Waals surface area contributed by atoms with Crippen molar-refractivity contribution in [2.45, 2.75) is 52.4 Å². The molecule has 0 aliphatic heterocycles. The largest absolute Gasteiger partial charge is 0.0622 e. The molecule has 0 heterocycles. The molecule has 0 saturated heterocycles. The van der Waals surface area contributed by atoms with E-state index in [4.69, 9.17) is 0 Å². The number of fused-ring (bicyclic) bond motifs is 2. The first-order valence-electron chi connectivity index (χ1n) is 16.4. The quantitative estimate of drug-likeness (QED) is 0.178. The van der Waals surface area contributed by atoms with Gasteiger partial charge in [0, 0.05) is 0 Å². The van der Waals surface area contributed by atoms with Crippen molar-refractivity contribution in [1.29, 1.82) is 0 Å². The molecule has 7 rings (SSSR count). The van der Waals surface area contributed by atoms with Crippen LogP contribution in [0, 0.1) is 0 Å². The van der Waals surface area contributed by atoms with Crippen molar-refractivity contribution in [2.75, 3.05) is 0 Å². The Labute approximate surface area is 274 Å². The summed E-state index contributed by atoms with van der Waals surface area (Å²) < 4.78 is 0. The molecule has 0 aromatic heterocycles. The molecule has 46 heavy (non-hydrogen) atoms. The third-order valence-corrected chi connectivity index (χ3v) is 9.41. The SMILES string of the molecule is CC(C)(C)c1ccc2c(-c3ccc(-c4ccccc4)cc3)c3cc(C(C)(C)C)ccc3c(-c3ccc(-c4ccccc4)cc3)c2c1. The van der Waals surface area contributed by atoms with Crippen LogP contribution in [-0.2, 0) is 10.8 Å². The first-order chi connectivity index (χ1) is 22.1. The second-order valence-corrected chi connectivity index (χ2v) is 14.7. The Morgan fingerprint density at radius 3 is 0.913 bits per heavy atom. The van der Waals surface area contributed by atoms with Gasteiger partial charge in [-0.1, -0.05) is 175 Å². The highest BCUT2D eigenvalue weighted by atomic mass is 14.3. The molecule has 0 nitrogen and oxygen atoms in total. The van der Waals surface area contributed by atoms with Crippen molar-refractivity contribution in [2.24, 2.45) is 0 Å². The average Bonchev–Trinajstić information content (AvgIpc) is 3.07. The number of rotatable bonds is 4. The summed E-state index contributed by atoms with van der Waals surface area (Å²) in [5.41, 5.74) is 12.8. The summed E-state index contributed by atoms with van der Waals surface area (Å²) >= 11 is 0. The molecule has 0 aliphatic rings. The van der Waals surface area contributed by atoms with Gasteiger partial charge in [-0.25, -0.2) is 0 Å². The van der Waals surface area contributed by atoms with Gasteiger partial charge in [-0.15, -0.1) is 0 Å². The smallest absolute Gasteiger partial charge is 0.00263 e. The maximum atomic E-state index is 2.45. The fourth-order valence-corrected chi connectivity index (χ4v) is 6.70. The first-order valence-corrected chi connectivity index (χ1v) is 16.4. The molecule has 0 unspecified atom stereocenters. The van der Waals surface area contributed by atoms with Crippen LogP contribution in [0.5, 0.6) is 0 Å². The molecule has 0 spiro atoms. The molecule has 0 atom stereocenters. The lowest BCUT2D eigenvalue weighted by molar-refractivity contribution is 0.590. The van der Waals surface area contributed by atoms with Crippen molar-refractivity contribution < 1.29 is 0 Å². The van der Waals surface area contributed by atoms with Gasteiger partial charge in [0.25, 0.3) is 0 Å². The van der Waals surface area contributed by atoms with E-state index in [0.717, 1.165) is 0 Å². The van der Waals surface area contributed by atoms with Gasteiger partial charge in [0.2, 0.25) is 0 Å². The summed E-state index contributed by atoms with van der Waals surface area (Å²) in [6.07, 6.45) is 0. The van der Waals surface area contributed by atoms with Crippen LogP contribution < -0.4 is 0 Å². The highest BCUT2D eigenvalue weighted by Gasteiger charge is 2.22. The maximum absolute atomic E-state index is 2.45. The van der Waals surface area contributed by atoms with E-state index in [0.29, 0.717) is 0 Å². The van der Waals surface area contributed by atoms with E-state index < -0.39 is 0 Å². The van der Waals surface area contributed by atoms with E-state index in [2.05, 4.69) is 187 Å². The lowest BCUT2D eigenvalue weighted by Gasteiger charge is -2.25. The Balaban J connectivity index is 1.54. The van der Waals surface area contributed by atoms with Gasteiger partial charge in [-0.05, 0) is 100 Å². The van der Waals surface area contributed by atoms with Crippen molar-refractivity contribution in [3.8, 4) is 44.5 Å². The monoisotopic (exact) mass is 594 g/mol. The van der Waals surface area contributed by atoms with Gasteiger partial charge >= 0.3 is 0 Å². The van der Waals surface area contributed by atoms with Crippen LogP contribution >= 0.6 is 0 Å². The third kappa shape index (κ3) is 5.54. The van der Waals surface area contributed by atoms with Crippen LogP contribution in [-0.4, -0.2) is 0 Å². The van der Waals surface area contributed by atoms with Crippen LogP contribution in [0.4, 0.5) is 0 Å². The molecular weight excluding hydrogens is 553 g/mol. The first kappa shape index (κ1) is 29.8. The van der Waals surface area contributed by atoms with Crippen LogP contribution in [0.2, 0.25) is 0 Å². The second kappa shape index (κ2) is 11.5. The second-order valence-electron chi connectivity index (χ2n) is 14.7. The van der Waals surface area contributed by atoms with Gasteiger partial charge in [-0.3, -0.25) is 0 Å². The van der Waals surface area contributed by atoms with E-state index >= 15 is 0 Å². The molecule has 0 saturated carbocycles. The third-order valence-electron chi connectivity index (χ3n) is 9.41. The number of hydrogen-bond donors (Lipinski definition) is 0. The summed E-state index contributed by atoms with van der Waals surface area (Å²) in [7, 11) is 0. The summed E-state index contributed by atoms with van der Waals surface area (Å²) in [6, 6.07) is 54.0. The van der Waals surface area contributed by atoms with Crippen LogP contribution in [0.3, 0.4) is 0 Å². The summed E-state index contributed by atoms with van der Waals surface area (Å²) in [5, 5.41) is 5.19. The lowest BCUT2D eigenvalue weighted by Crippen LogP contribution is -2.11. The minimum absolute atomic E-state index is 0.0329. The molecular formula is C46H42. The average molecular weight is 595 g/mol. The molecule has 0 aliphatic carbocycles. The van der Waals surface area contributed by atoms with Gasteiger partial charge in [-0.2, -0.15) is 0 Å². The van der Waals surface area contributed by atoms with Crippen LogP contribution in [0.15, 0.2) is 146 Å². The predicted molar refractivity (Wildman–Crippen MR) is 201 cm³/mol. The predicted octanol–water partition coefficient (Wildman–Crippen LogP) is 13.3. The maximum Gasteiger partial charge on any atom is -0.00263 e. The Bertz CT molecular complexity index is 1990. The van der Waals surface area contributed by atoms with Gasteiger partial charge in [0.15, 0.2) is 0 Å².